The van der Waals surface area contributed by atoms with Crippen molar-refractivity contribution in [3.8, 4) is 5.75 Å². The molecule has 0 unspecified atom stereocenters. The summed E-state index contributed by atoms with van der Waals surface area (Å²) in [5.74, 6) is 1.90. The van der Waals surface area contributed by atoms with Crippen molar-refractivity contribution in [2.45, 2.75) is 31.9 Å². The van der Waals surface area contributed by atoms with E-state index in [9.17, 15) is 4.79 Å². The molecule has 134 valence electrons. The molecule has 1 fully saturated rings. The van der Waals surface area contributed by atoms with E-state index >= 15 is 0 Å². The van der Waals surface area contributed by atoms with E-state index in [1.807, 2.05) is 12.1 Å². The van der Waals surface area contributed by atoms with Gasteiger partial charge in [0, 0.05) is 32.2 Å². The van der Waals surface area contributed by atoms with Crippen molar-refractivity contribution in [3.05, 3.63) is 57.8 Å². The lowest BCUT2D eigenvalue weighted by Gasteiger charge is -2.32. The molecule has 2 heterocycles. The van der Waals surface area contributed by atoms with Crippen LogP contribution < -0.4 is 10.3 Å². The fourth-order valence-electron chi connectivity index (χ4n) is 3.36. The van der Waals surface area contributed by atoms with Gasteiger partial charge >= 0.3 is 0 Å². The van der Waals surface area contributed by atoms with E-state index in [0.29, 0.717) is 12.3 Å². The maximum absolute atomic E-state index is 11.9. The van der Waals surface area contributed by atoms with Crippen LogP contribution in [0, 0.1) is 0 Å². The number of likely N-dealkylation sites (tertiary alicyclic amines) is 1. The number of aromatic amines is 1. The number of hydrogen-bond acceptors (Lipinski definition) is 5. The number of rotatable bonds is 6. The fourth-order valence-corrected chi connectivity index (χ4v) is 3.36. The maximum Gasteiger partial charge on any atom is 0.251 e. The Morgan fingerprint density at radius 1 is 1.28 bits per heavy atom. The molecule has 2 aromatic rings. The quantitative estimate of drug-likeness (QED) is 0.872. The lowest BCUT2D eigenvalue weighted by atomic mass is 9.96. The van der Waals surface area contributed by atoms with Crippen LogP contribution in [-0.2, 0) is 17.9 Å². The van der Waals surface area contributed by atoms with Crippen LogP contribution in [0.2, 0.25) is 0 Å². The number of H-pyrrole nitrogens is 1. The summed E-state index contributed by atoms with van der Waals surface area (Å²) in [6, 6.07) is 9.68. The van der Waals surface area contributed by atoms with Gasteiger partial charge in [-0.3, -0.25) is 9.69 Å². The maximum atomic E-state index is 11.9. The van der Waals surface area contributed by atoms with Crippen LogP contribution in [0.1, 0.15) is 35.8 Å². The average Bonchev–Trinajstić information content (AvgIpc) is 2.62. The molecule has 0 radical (unpaired) electrons. The summed E-state index contributed by atoms with van der Waals surface area (Å²) < 4.78 is 10.3. The summed E-state index contributed by atoms with van der Waals surface area (Å²) in [6.45, 7) is 3.21. The molecule has 25 heavy (non-hydrogen) atoms. The van der Waals surface area contributed by atoms with Gasteiger partial charge < -0.3 is 14.5 Å². The third-order valence-electron chi connectivity index (χ3n) is 4.56. The summed E-state index contributed by atoms with van der Waals surface area (Å²) in [4.78, 5) is 21.8. The van der Waals surface area contributed by atoms with Crippen LogP contribution in [0.25, 0.3) is 0 Å². The molecule has 1 aromatic heterocycles. The third-order valence-corrected chi connectivity index (χ3v) is 4.56. The number of piperidine rings is 1. The number of nitrogens with one attached hydrogen (secondary N) is 1. The molecule has 3 rings (SSSR count). The number of nitrogens with zero attached hydrogens (tertiary/aromatic N) is 2. The zero-order valence-electron chi connectivity index (χ0n) is 14.8. The van der Waals surface area contributed by atoms with Gasteiger partial charge in [-0.05, 0) is 37.1 Å². The van der Waals surface area contributed by atoms with E-state index in [2.05, 4.69) is 27.0 Å². The molecule has 0 aliphatic carbocycles. The summed E-state index contributed by atoms with van der Waals surface area (Å²) in [5.41, 5.74) is 1.84. The number of benzene rings is 1. The molecule has 6 nitrogen and oxygen atoms in total. The Kier molecular flexibility index (Phi) is 5.83. The van der Waals surface area contributed by atoms with Crippen molar-refractivity contribution in [3.63, 3.8) is 0 Å². The smallest absolute Gasteiger partial charge is 0.251 e. The van der Waals surface area contributed by atoms with Gasteiger partial charge in [0.2, 0.25) is 0 Å². The largest absolute Gasteiger partial charge is 0.497 e. The molecule has 0 bridgehead atoms. The van der Waals surface area contributed by atoms with E-state index in [-0.39, 0.29) is 11.5 Å². The fraction of sp³-hybridized carbons (Fsp3) is 0.474. The van der Waals surface area contributed by atoms with Crippen LogP contribution >= 0.6 is 0 Å². The highest BCUT2D eigenvalue weighted by molar-refractivity contribution is 5.27. The first-order valence-corrected chi connectivity index (χ1v) is 8.62. The summed E-state index contributed by atoms with van der Waals surface area (Å²) in [7, 11) is 3.29. The van der Waals surface area contributed by atoms with Crippen LogP contribution in [0.15, 0.2) is 35.1 Å². The highest BCUT2D eigenvalue weighted by Gasteiger charge is 2.23. The molecule has 1 aromatic carbocycles. The molecular weight excluding hydrogens is 318 g/mol. The molecule has 0 amide bonds. The SMILES string of the molecule is COCc1cc(=O)[nH]c([C@@H]2CCCN(Cc3ccc(OC)cc3)C2)n1. The third kappa shape index (κ3) is 4.67. The molecular formula is C19H25N3O3. The van der Waals surface area contributed by atoms with Gasteiger partial charge in [0.05, 0.1) is 19.4 Å². The first kappa shape index (κ1) is 17.6. The van der Waals surface area contributed by atoms with Gasteiger partial charge in [0.1, 0.15) is 11.6 Å². The molecule has 0 saturated carbocycles. The first-order valence-electron chi connectivity index (χ1n) is 8.62. The van der Waals surface area contributed by atoms with Gasteiger partial charge in [0.25, 0.3) is 5.56 Å². The topological polar surface area (TPSA) is 67.5 Å². The van der Waals surface area contributed by atoms with Gasteiger partial charge in [-0.15, -0.1) is 0 Å². The minimum Gasteiger partial charge on any atom is -0.497 e. The van der Waals surface area contributed by atoms with Crippen molar-refractivity contribution < 1.29 is 9.47 Å². The highest BCUT2D eigenvalue weighted by Crippen LogP contribution is 2.25. The lowest BCUT2D eigenvalue weighted by molar-refractivity contribution is 0.178. The predicted molar refractivity (Wildman–Crippen MR) is 95.8 cm³/mol. The zero-order valence-corrected chi connectivity index (χ0v) is 14.8. The van der Waals surface area contributed by atoms with Crippen LogP contribution in [0.4, 0.5) is 0 Å². The second-order valence-electron chi connectivity index (χ2n) is 6.48. The molecule has 1 saturated heterocycles. The molecule has 1 atom stereocenters. The average molecular weight is 343 g/mol. The Hall–Kier alpha value is -2.18. The number of hydrogen-bond donors (Lipinski definition) is 1. The van der Waals surface area contributed by atoms with Crippen LogP contribution in [-0.4, -0.2) is 42.2 Å². The Morgan fingerprint density at radius 2 is 2.08 bits per heavy atom. The van der Waals surface area contributed by atoms with E-state index in [0.717, 1.165) is 44.0 Å². The Bertz CT molecular complexity index is 742. The van der Waals surface area contributed by atoms with Gasteiger partial charge in [0.15, 0.2) is 0 Å². The van der Waals surface area contributed by atoms with Gasteiger partial charge in [-0.2, -0.15) is 0 Å². The standard InChI is InChI=1S/C19H25N3O3/c1-24-13-16-10-18(23)21-19(20-16)15-4-3-9-22(12-15)11-14-5-7-17(25-2)8-6-14/h5-8,10,15H,3-4,9,11-13H2,1-2H3,(H,20,21,23)/t15-/m1/s1. The number of aromatic nitrogens is 2. The normalized spacial score (nSPS) is 18.2. The van der Waals surface area contributed by atoms with Crippen LogP contribution in [0.5, 0.6) is 5.75 Å². The van der Waals surface area contributed by atoms with Crippen molar-refractivity contribution >= 4 is 0 Å². The lowest BCUT2D eigenvalue weighted by Crippen LogP contribution is -2.35. The molecule has 1 N–H and O–H groups in total. The van der Waals surface area contributed by atoms with E-state index in [1.54, 1.807) is 14.2 Å². The Labute approximate surface area is 147 Å². The molecule has 1 aliphatic heterocycles. The second-order valence-corrected chi connectivity index (χ2v) is 6.48. The van der Waals surface area contributed by atoms with Crippen LogP contribution in [0.3, 0.4) is 0 Å². The first-order chi connectivity index (χ1) is 12.2. The zero-order chi connectivity index (χ0) is 17.6. The van der Waals surface area contributed by atoms with Gasteiger partial charge in [-0.25, -0.2) is 4.98 Å². The van der Waals surface area contributed by atoms with Crippen molar-refractivity contribution in [2.24, 2.45) is 0 Å². The number of ether oxygens (including phenoxy) is 2. The minimum absolute atomic E-state index is 0.107. The Morgan fingerprint density at radius 3 is 2.80 bits per heavy atom. The second kappa shape index (κ2) is 8.27. The monoisotopic (exact) mass is 343 g/mol. The van der Waals surface area contributed by atoms with Crippen molar-refractivity contribution in [2.75, 3.05) is 27.3 Å². The summed E-state index contributed by atoms with van der Waals surface area (Å²) >= 11 is 0. The minimum atomic E-state index is -0.107. The predicted octanol–water partition coefficient (Wildman–Crippen LogP) is 2.30. The molecule has 0 spiro atoms. The molecule has 1 aliphatic rings. The van der Waals surface area contributed by atoms with E-state index < -0.39 is 0 Å². The van der Waals surface area contributed by atoms with Crippen molar-refractivity contribution in [1.82, 2.24) is 14.9 Å². The Balaban J connectivity index is 1.69. The van der Waals surface area contributed by atoms with E-state index in [1.165, 1.54) is 11.6 Å². The highest BCUT2D eigenvalue weighted by atomic mass is 16.5. The van der Waals surface area contributed by atoms with E-state index in [4.69, 9.17) is 9.47 Å². The number of methoxy groups -OCH3 is 2. The molecule has 6 heteroatoms. The van der Waals surface area contributed by atoms with Crippen molar-refractivity contribution in [1.29, 1.82) is 0 Å². The summed E-state index contributed by atoms with van der Waals surface area (Å²) in [6.07, 6.45) is 2.14. The van der Waals surface area contributed by atoms with Gasteiger partial charge in [-0.1, -0.05) is 12.1 Å². The summed E-state index contributed by atoms with van der Waals surface area (Å²) in [5, 5.41) is 0.